The second-order valence-corrected chi connectivity index (χ2v) is 7.77. The molecule has 0 unspecified atom stereocenters. The Kier molecular flexibility index (Phi) is 8.67. The first kappa shape index (κ1) is 27.0. The van der Waals surface area contributed by atoms with E-state index in [1.54, 1.807) is 30.4 Å². The van der Waals surface area contributed by atoms with Gasteiger partial charge in [0.1, 0.15) is 11.9 Å². The molecule has 0 fully saturated rings. The Bertz CT molecular complexity index is 1260. The first-order valence-electron chi connectivity index (χ1n) is 11.0. The summed E-state index contributed by atoms with van der Waals surface area (Å²) in [6.45, 7) is 3.21. The highest BCUT2D eigenvalue weighted by molar-refractivity contribution is 6.00. The Morgan fingerprint density at radius 3 is 2.59 bits per heavy atom. The molecular weight excluding hydrogens is 491 g/mol. The number of alkyl halides is 3. The Balaban J connectivity index is 1.57. The molecule has 0 radical (unpaired) electrons. The number of pyridine rings is 1. The average Bonchev–Trinajstić information content (AvgIpc) is 2.85. The fraction of sp³-hybridized carbons (Fsp3) is 0.200. The molecule has 4 N–H and O–H groups in total. The van der Waals surface area contributed by atoms with Crippen molar-refractivity contribution in [1.82, 2.24) is 15.6 Å². The van der Waals surface area contributed by atoms with E-state index in [4.69, 9.17) is 4.74 Å². The number of benzene rings is 1. The number of carbonyl (C=O) groups excluding carboxylic acids is 3. The van der Waals surface area contributed by atoms with Gasteiger partial charge < -0.3 is 26.0 Å². The van der Waals surface area contributed by atoms with Crippen molar-refractivity contribution >= 4 is 29.2 Å². The second-order valence-electron chi connectivity index (χ2n) is 7.77. The van der Waals surface area contributed by atoms with Gasteiger partial charge in [0, 0.05) is 37.1 Å². The lowest BCUT2D eigenvalue weighted by Gasteiger charge is -2.19. The minimum Gasteiger partial charge on any atom is -0.486 e. The fourth-order valence-electron chi connectivity index (χ4n) is 3.28. The minimum absolute atomic E-state index is 0.117. The molecule has 2 aromatic rings. The molecule has 1 aromatic heterocycles. The highest BCUT2D eigenvalue weighted by Gasteiger charge is 2.34. The molecule has 37 heavy (non-hydrogen) atoms. The summed E-state index contributed by atoms with van der Waals surface area (Å²) in [7, 11) is 1.54. The summed E-state index contributed by atoms with van der Waals surface area (Å²) >= 11 is 0. The number of likely N-dealkylation sites (N-methyl/N-ethyl adjacent to an activating group) is 1. The lowest BCUT2D eigenvalue weighted by atomic mass is 10.1. The summed E-state index contributed by atoms with van der Waals surface area (Å²) in [4.78, 5) is 39.4. The molecule has 0 spiro atoms. The summed E-state index contributed by atoms with van der Waals surface area (Å²) < 4.78 is 46.1. The molecule has 1 aliphatic carbocycles. The third-order valence-corrected chi connectivity index (χ3v) is 5.04. The van der Waals surface area contributed by atoms with E-state index in [9.17, 15) is 27.6 Å². The van der Waals surface area contributed by atoms with E-state index in [0.29, 0.717) is 23.6 Å². The number of amides is 4. The number of halogens is 3. The van der Waals surface area contributed by atoms with Gasteiger partial charge in [-0.25, -0.2) is 4.79 Å². The van der Waals surface area contributed by atoms with Crippen molar-refractivity contribution in [3.63, 3.8) is 0 Å². The van der Waals surface area contributed by atoms with Crippen molar-refractivity contribution in [2.24, 2.45) is 0 Å². The molecule has 1 aromatic carbocycles. The first-order chi connectivity index (χ1) is 17.6. The molecule has 9 nitrogen and oxygen atoms in total. The van der Waals surface area contributed by atoms with Crippen molar-refractivity contribution in [2.45, 2.75) is 25.1 Å². The number of carbonyl (C=O) groups is 3. The number of hydrogen-bond acceptors (Lipinski definition) is 5. The van der Waals surface area contributed by atoms with Crippen LogP contribution in [0.5, 0.6) is 5.75 Å². The minimum atomic E-state index is -4.76. The van der Waals surface area contributed by atoms with Gasteiger partial charge in [-0.2, -0.15) is 13.2 Å². The SMILES string of the molecule is C=CC(=O)Nc1ccc(NC(=O)NC2=CC[C@H](Oc3ccnc(CC(=O)NC)c3)C=C2)cc1C(F)(F)F. The fourth-order valence-corrected chi connectivity index (χ4v) is 3.28. The zero-order valence-corrected chi connectivity index (χ0v) is 19.7. The van der Waals surface area contributed by atoms with Crippen LogP contribution in [-0.2, 0) is 22.2 Å². The number of anilines is 2. The summed E-state index contributed by atoms with van der Waals surface area (Å²) in [5.41, 5.74) is -0.711. The van der Waals surface area contributed by atoms with E-state index in [-0.39, 0.29) is 24.1 Å². The predicted octanol–water partition coefficient (Wildman–Crippen LogP) is 3.93. The molecule has 1 heterocycles. The van der Waals surface area contributed by atoms with E-state index >= 15 is 0 Å². The van der Waals surface area contributed by atoms with Crippen LogP contribution >= 0.6 is 0 Å². The topological polar surface area (TPSA) is 121 Å². The first-order valence-corrected chi connectivity index (χ1v) is 11.0. The van der Waals surface area contributed by atoms with Gasteiger partial charge in [0.25, 0.3) is 0 Å². The molecule has 194 valence electrons. The summed E-state index contributed by atoms with van der Waals surface area (Å²) in [5.74, 6) is -0.445. The molecule has 0 saturated heterocycles. The molecule has 4 amide bonds. The van der Waals surface area contributed by atoms with Gasteiger partial charge in [0.15, 0.2) is 0 Å². The van der Waals surface area contributed by atoms with Gasteiger partial charge in [-0.3, -0.25) is 14.6 Å². The lowest BCUT2D eigenvalue weighted by molar-refractivity contribution is -0.137. The molecular formula is C25H24F3N5O4. The van der Waals surface area contributed by atoms with E-state index in [1.165, 1.54) is 19.3 Å². The van der Waals surface area contributed by atoms with Crippen molar-refractivity contribution < 1.29 is 32.3 Å². The number of allylic oxidation sites excluding steroid dienone is 1. The Morgan fingerprint density at radius 1 is 1.16 bits per heavy atom. The third-order valence-electron chi connectivity index (χ3n) is 5.04. The van der Waals surface area contributed by atoms with Gasteiger partial charge >= 0.3 is 12.2 Å². The number of nitrogens with zero attached hydrogens (tertiary/aromatic N) is 1. The smallest absolute Gasteiger partial charge is 0.418 e. The van der Waals surface area contributed by atoms with Crippen LogP contribution in [0.25, 0.3) is 0 Å². The number of ether oxygens (including phenoxy) is 1. The van der Waals surface area contributed by atoms with Crippen LogP contribution in [0.15, 0.2) is 73.1 Å². The van der Waals surface area contributed by atoms with Crippen LogP contribution in [0.4, 0.5) is 29.3 Å². The monoisotopic (exact) mass is 515 g/mol. The normalized spacial score (nSPS) is 14.7. The molecule has 0 aliphatic heterocycles. The van der Waals surface area contributed by atoms with E-state index in [1.807, 2.05) is 0 Å². The van der Waals surface area contributed by atoms with Crippen LogP contribution in [0.3, 0.4) is 0 Å². The maximum absolute atomic E-state index is 13.4. The van der Waals surface area contributed by atoms with Crippen molar-refractivity contribution in [2.75, 3.05) is 17.7 Å². The van der Waals surface area contributed by atoms with Crippen molar-refractivity contribution in [1.29, 1.82) is 0 Å². The quantitative estimate of drug-likeness (QED) is 0.397. The van der Waals surface area contributed by atoms with E-state index in [2.05, 4.69) is 32.8 Å². The molecule has 0 saturated carbocycles. The maximum Gasteiger partial charge on any atom is 0.418 e. The van der Waals surface area contributed by atoms with Crippen LogP contribution in [0, 0.1) is 0 Å². The number of rotatable bonds is 8. The lowest BCUT2D eigenvalue weighted by Crippen LogP contribution is -2.29. The zero-order chi connectivity index (χ0) is 27.0. The highest BCUT2D eigenvalue weighted by atomic mass is 19.4. The Morgan fingerprint density at radius 2 is 1.95 bits per heavy atom. The van der Waals surface area contributed by atoms with Crippen LogP contribution in [0.2, 0.25) is 0 Å². The standard InChI is InChI=1S/C25H24F3N5O4/c1-3-22(34)33-21-9-6-16(13-20(21)25(26,27)28)32-24(36)31-15-4-7-18(8-5-15)37-19-10-11-30-17(12-19)14-23(35)29-2/h3-7,9-13,18H,1,8,14H2,2H3,(H,29,35)(H,33,34)(H2,31,32,36)/t18-/m1/s1. The summed E-state index contributed by atoms with van der Waals surface area (Å²) in [5, 5.41) is 9.51. The molecule has 3 rings (SSSR count). The molecule has 1 aliphatic rings. The summed E-state index contributed by atoms with van der Waals surface area (Å²) in [6, 6.07) is 5.57. The predicted molar refractivity (Wildman–Crippen MR) is 131 cm³/mol. The number of nitrogens with one attached hydrogen (secondary N) is 4. The number of hydrogen-bond donors (Lipinski definition) is 4. The highest BCUT2D eigenvalue weighted by Crippen LogP contribution is 2.36. The van der Waals surface area contributed by atoms with Gasteiger partial charge in [-0.15, -0.1) is 0 Å². The van der Waals surface area contributed by atoms with Crippen LogP contribution in [0.1, 0.15) is 17.7 Å². The van der Waals surface area contributed by atoms with Crippen LogP contribution < -0.4 is 26.0 Å². The van der Waals surface area contributed by atoms with Gasteiger partial charge in [0.2, 0.25) is 11.8 Å². The molecule has 12 heteroatoms. The van der Waals surface area contributed by atoms with Gasteiger partial charge in [0.05, 0.1) is 23.4 Å². The van der Waals surface area contributed by atoms with Gasteiger partial charge in [-0.1, -0.05) is 12.7 Å². The molecule has 0 bridgehead atoms. The third kappa shape index (κ3) is 7.95. The number of urea groups is 1. The van der Waals surface area contributed by atoms with E-state index < -0.39 is 29.4 Å². The second kappa shape index (κ2) is 11.9. The van der Waals surface area contributed by atoms with E-state index in [0.717, 1.165) is 18.2 Å². The largest absolute Gasteiger partial charge is 0.486 e. The summed E-state index contributed by atoms with van der Waals surface area (Å²) in [6.07, 6.45) is 2.84. The van der Waals surface area contributed by atoms with Crippen molar-refractivity contribution in [3.05, 3.63) is 84.4 Å². The Hall–Kier alpha value is -4.61. The number of aromatic nitrogens is 1. The Labute approximate surface area is 210 Å². The maximum atomic E-state index is 13.4. The van der Waals surface area contributed by atoms with Crippen LogP contribution in [-0.4, -0.2) is 36.0 Å². The van der Waals surface area contributed by atoms with Crippen molar-refractivity contribution in [3.8, 4) is 5.75 Å². The van der Waals surface area contributed by atoms with Gasteiger partial charge in [-0.05, 0) is 42.5 Å². The average molecular weight is 515 g/mol. The molecule has 1 atom stereocenters. The zero-order valence-electron chi connectivity index (χ0n) is 19.7.